The summed E-state index contributed by atoms with van der Waals surface area (Å²) in [5.74, 6) is 0.382. The van der Waals surface area contributed by atoms with E-state index in [9.17, 15) is 15.0 Å². The van der Waals surface area contributed by atoms with E-state index in [4.69, 9.17) is 4.74 Å². The molecule has 0 heterocycles. The number of hydrogen-bond acceptors (Lipinski definition) is 4. The van der Waals surface area contributed by atoms with Crippen LogP contribution in [-0.2, 0) is 9.53 Å². The van der Waals surface area contributed by atoms with E-state index >= 15 is 0 Å². The van der Waals surface area contributed by atoms with Gasteiger partial charge in [-0.1, -0.05) is 38.3 Å². The summed E-state index contributed by atoms with van der Waals surface area (Å²) in [6.45, 7) is 4.39. The third-order valence-corrected chi connectivity index (χ3v) is 6.64. The van der Waals surface area contributed by atoms with Crippen molar-refractivity contribution in [2.75, 3.05) is 6.61 Å². The quantitative estimate of drug-likeness (QED) is 0.758. The molecule has 4 heteroatoms. The first-order valence-corrected chi connectivity index (χ1v) is 9.74. The molecule has 0 radical (unpaired) electrons. The second-order valence-corrected chi connectivity index (χ2v) is 7.96. The molecule has 2 N–H and O–H groups in total. The van der Waals surface area contributed by atoms with Crippen molar-refractivity contribution in [3.8, 4) is 0 Å². The minimum Gasteiger partial charge on any atom is -0.393 e. The third-order valence-electron chi connectivity index (χ3n) is 6.64. The number of Topliss-reactive ketones (excluding diaryl/α,β-unsaturated/α-hetero) is 1. The van der Waals surface area contributed by atoms with Crippen molar-refractivity contribution in [2.24, 2.45) is 23.7 Å². The fourth-order valence-corrected chi connectivity index (χ4v) is 5.37. The van der Waals surface area contributed by atoms with E-state index in [1.165, 1.54) is 19.3 Å². The molecular weight excluding hydrogens is 304 g/mol. The summed E-state index contributed by atoms with van der Waals surface area (Å²) in [7, 11) is 0. The van der Waals surface area contributed by atoms with Crippen molar-refractivity contribution in [3.63, 3.8) is 0 Å². The Hall–Kier alpha value is -0.710. The lowest BCUT2D eigenvalue weighted by Crippen LogP contribution is -2.69. The Labute approximate surface area is 145 Å². The molecule has 0 spiro atoms. The number of rotatable bonds is 5. The van der Waals surface area contributed by atoms with E-state index in [0.29, 0.717) is 25.4 Å². The van der Waals surface area contributed by atoms with Crippen LogP contribution in [-0.4, -0.2) is 40.4 Å². The summed E-state index contributed by atoms with van der Waals surface area (Å²) in [4.78, 5) is 12.5. The first-order chi connectivity index (χ1) is 11.5. The van der Waals surface area contributed by atoms with Crippen LogP contribution in [0, 0.1) is 23.7 Å². The highest BCUT2D eigenvalue weighted by atomic mass is 16.5. The van der Waals surface area contributed by atoms with Crippen molar-refractivity contribution in [1.82, 2.24) is 0 Å². The highest BCUT2D eigenvalue weighted by Crippen LogP contribution is 2.55. The Morgan fingerprint density at radius 2 is 2.00 bits per heavy atom. The molecule has 0 aromatic carbocycles. The van der Waals surface area contributed by atoms with Crippen molar-refractivity contribution in [2.45, 2.75) is 76.6 Å². The maximum absolute atomic E-state index is 12.5. The van der Waals surface area contributed by atoms with Gasteiger partial charge < -0.3 is 14.9 Å². The zero-order chi connectivity index (χ0) is 17.3. The lowest BCUT2D eigenvalue weighted by molar-refractivity contribution is -0.212. The van der Waals surface area contributed by atoms with E-state index in [1.54, 1.807) is 0 Å². The Morgan fingerprint density at radius 1 is 1.29 bits per heavy atom. The molecule has 0 aromatic heterocycles. The van der Waals surface area contributed by atoms with Crippen LogP contribution in [0.5, 0.6) is 0 Å². The van der Waals surface area contributed by atoms with E-state index in [-0.39, 0.29) is 23.5 Å². The number of aliphatic hydroxyl groups is 2. The summed E-state index contributed by atoms with van der Waals surface area (Å²) in [6, 6.07) is 0. The van der Waals surface area contributed by atoms with Gasteiger partial charge in [0, 0.05) is 24.4 Å². The van der Waals surface area contributed by atoms with Gasteiger partial charge in [0.25, 0.3) is 0 Å². The Bertz CT molecular complexity index is 482. The topological polar surface area (TPSA) is 66.8 Å². The molecule has 3 saturated carbocycles. The summed E-state index contributed by atoms with van der Waals surface area (Å²) in [5, 5.41) is 21.0. The number of aliphatic hydroxyl groups excluding tert-OH is 2. The highest BCUT2D eigenvalue weighted by molar-refractivity contribution is 5.96. The zero-order valence-corrected chi connectivity index (χ0v) is 15.0. The van der Waals surface area contributed by atoms with Crippen LogP contribution < -0.4 is 0 Å². The van der Waals surface area contributed by atoms with E-state index in [1.807, 2.05) is 26.0 Å². The summed E-state index contributed by atoms with van der Waals surface area (Å²) in [6.07, 6.45) is 10.0. The minimum atomic E-state index is -0.696. The first kappa shape index (κ1) is 18.1. The third kappa shape index (κ3) is 2.97. The molecule has 136 valence electrons. The normalized spacial score (nSPS) is 41.9. The number of fused-ring (bicyclic) bond motifs is 1. The van der Waals surface area contributed by atoms with Crippen LogP contribution in [0.4, 0.5) is 0 Å². The summed E-state index contributed by atoms with van der Waals surface area (Å²) in [5.41, 5.74) is -0.696. The maximum atomic E-state index is 12.5. The molecule has 0 bridgehead atoms. The zero-order valence-electron chi connectivity index (χ0n) is 15.0. The number of ketones is 1. The van der Waals surface area contributed by atoms with Crippen LogP contribution in [0.25, 0.3) is 0 Å². The molecule has 3 rings (SSSR count). The predicted molar refractivity (Wildman–Crippen MR) is 92.5 cm³/mol. The van der Waals surface area contributed by atoms with Gasteiger partial charge >= 0.3 is 0 Å². The van der Waals surface area contributed by atoms with E-state index in [0.717, 1.165) is 12.8 Å². The van der Waals surface area contributed by atoms with Gasteiger partial charge in [0.05, 0.1) is 12.2 Å². The van der Waals surface area contributed by atoms with Gasteiger partial charge in [-0.05, 0) is 38.5 Å². The molecule has 0 amide bonds. The van der Waals surface area contributed by atoms with Gasteiger partial charge in [-0.15, -0.1) is 0 Å². The number of ether oxygens (including phenoxy) is 1. The van der Waals surface area contributed by atoms with Gasteiger partial charge in [-0.3, -0.25) is 4.79 Å². The van der Waals surface area contributed by atoms with E-state index in [2.05, 4.69) is 0 Å². The number of hydrogen-bond donors (Lipinski definition) is 2. The molecule has 6 atom stereocenters. The standard InChI is InChI=1S/C20H32O4/c1-3-24-20-12-11-17(22)15(18(20)13(2)19(20)23)9-10-16(21)14-7-5-4-6-8-14/h9-10,13-18,21-22H,3-8,11-12H2,1-2H3. The summed E-state index contributed by atoms with van der Waals surface area (Å²) >= 11 is 0. The molecule has 6 unspecified atom stereocenters. The van der Waals surface area contributed by atoms with Gasteiger partial charge in [0.2, 0.25) is 0 Å². The number of carbonyl (C=O) groups is 1. The molecule has 3 aliphatic carbocycles. The van der Waals surface area contributed by atoms with E-state index < -0.39 is 17.8 Å². The highest BCUT2D eigenvalue weighted by Gasteiger charge is 2.65. The fraction of sp³-hybridized carbons (Fsp3) is 0.850. The van der Waals surface area contributed by atoms with Crippen LogP contribution in [0.3, 0.4) is 0 Å². The Balaban J connectivity index is 1.73. The van der Waals surface area contributed by atoms with Crippen LogP contribution in [0.1, 0.15) is 58.8 Å². The SMILES string of the molecule is CCOC12CCC(O)C(C=CC(O)C3CCCCC3)C1C(C)C2=O. The Kier molecular flexibility index (Phi) is 5.48. The van der Waals surface area contributed by atoms with Crippen LogP contribution in [0.2, 0.25) is 0 Å². The lowest BCUT2D eigenvalue weighted by Gasteiger charge is -2.58. The molecule has 3 fully saturated rings. The van der Waals surface area contributed by atoms with Crippen molar-refractivity contribution < 1.29 is 19.7 Å². The molecule has 0 aliphatic heterocycles. The van der Waals surface area contributed by atoms with Gasteiger partial charge in [0.1, 0.15) is 5.60 Å². The van der Waals surface area contributed by atoms with Crippen molar-refractivity contribution >= 4 is 5.78 Å². The van der Waals surface area contributed by atoms with Crippen molar-refractivity contribution in [3.05, 3.63) is 12.2 Å². The van der Waals surface area contributed by atoms with Crippen LogP contribution >= 0.6 is 0 Å². The first-order valence-electron chi connectivity index (χ1n) is 9.74. The second kappa shape index (κ2) is 7.27. The lowest BCUT2D eigenvalue weighted by atomic mass is 9.50. The average molecular weight is 336 g/mol. The Morgan fingerprint density at radius 3 is 2.67 bits per heavy atom. The average Bonchev–Trinajstić information content (AvgIpc) is 2.61. The second-order valence-electron chi connectivity index (χ2n) is 7.96. The minimum absolute atomic E-state index is 0.0310. The predicted octanol–water partition coefficient (Wildman–Crippen LogP) is 2.87. The smallest absolute Gasteiger partial charge is 0.168 e. The summed E-state index contributed by atoms with van der Waals surface area (Å²) < 4.78 is 5.90. The largest absolute Gasteiger partial charge is 0.393 e. The molecule has 3 aliphatic rings. The fourth-order valence-electron chi connectivity index (χ4n) is 5.37. The molecule has 0 saturated heterocycles. The van der Waals surface area contributed by atoms with Crippen molar-refractivity contribution in [1.29, 1.82) is 0 Å². The van der Waals surface area contributed by atoms with Gasteiger partial charge in [0.15, 0.2) is 5.78 Å². The molecule has 24 heavy (non-hydrogen) atoms. The molecular formula is C20H32O4. The molecule has 4 nitrogen and oxygen atoms in total. The monoisotopic (exact) mass is 336 g/mol. The van der Waals surface area contributed by atoms with Gasteiger partial charge in [-0.2, -0.15) is 0 Å². The van der Waals surface area contributed by atoms with Gasteiger partial charge in [-0.25, -0.2) is 0 Å². The molecule has 0 aromatic rings. The number of carbonyl (C=O) groups excluding carboxylic acids is 1. The maximum Gasteiger partial charge on any atom is 0.168 e. The van der Waals surface area contributed by atoms with Crippen LogP contribution in [0.15, 0.2) is 12.2 Å².